The highest BCUT2D eigenvalue weighted by molar-refractivity contribution is 6.03. The zero-order chi connectivity index (χ0) is 12.7. The van der Waals surface area contributed by atoms with Crippen LogP contribution >= 0.6 is 0 Å². The molecule has 0 unspecified atom stereocenters. The normalized spacial score (nSPS) is 34.9. The molecule has 2 nitrogen and oxygen atoms in total. The first kappa shape index (κ1) is 10.6. The van der Waals surface area contributed by atoms with Gasteiger partial charge in [0.25, 0.3) is 0 Å². The van der Waals surface area contributed by atoms with E-state index in [-0.39, 0.29) is 5.41 Å². The molecule has 1 saturated heterocycles. The molecular formula is C16H19NO. The van der Waals surface area contributed by atoms with Gasteiger partial charge in [-0.1, -0.05) is 32.0 Å². The molecule has 2 fully saturated rings. The average molecular weight is 241 g/mol. The Bertz CT molecular complexity index is 560. The molecule has 0 spiro atoms. The second-order valence-corrected chi connectivity index (χ2v) is 6.78. The van der Waals surface area contributed by atoms with E-state index in [1.807, 2.05) is 0 Å². The molecule has 1 amide bonds. The number of fused-ring (bicyclic) bond motifs is 2. The molecule has 1 aromatic rings. The van der Waals surface area contributed by atoms with Crippen molar-refractivity contribution in [3.8, 4) is 0 Å². The zero-order valence-corrected chi connectivity index (χ0v) is 11.2. The SMILES string of the molecule is Cc1cccc2c1N1C(=O)C(C)(C)[C@H]3C[C@@H](C2)[C@H]31. The summed E-state index contributed by atoms with van der Waals surface area (Å²) in [4.78, 5) is 14.9. The lowest BCUT2D eigenvalue weighted by molar-refractivity contribution is -0.125. The van der Waals surface area contributed by atoms with E-state index in [0.29, 0.717) is 23.8 Å². The molecule has 18 heavy (non-hydrogen) atoms. The number of hydrogen-bond donors (Lipinski definition) is 0. The smallest absolute Gasteiger partial charge is 0.233 e. The highest BCUT2D eigenvalue weighted by atomic mass is 16.2. The predicted molar refractivity (Wildman–Crippen MR) is 71.5 cm³/mol. The molecule has 0 N–H and O–H groups in total. The van der Waals surface area contributed by atoms with E-state index in [9.17, 15) is 4.79 Å². The van der Waals surface area contributed by atoms with Crippen LogP contribution < -0.4 is 4.90 Å². The molecular weight excluding hydrogens is 222 g/mol. The van der Waals surface area contributed by atoms with Gasteiger partial charge in [-0.05, 0) is 42.7 Å². The van der Waals surface area contributed by atoms with Crippen LogP contribution in [0.25, 0.3) is 0 Å². The second-order valence-electron chi connectivity index (χ2n) is 6.78. The molecule has 1 aliphatic carbocycles. The lowest BCUT2D eigenvalue weighted by Gasteiger charge is -2.50. The third-order valence-corrected chi connectivity index (χ3v) is 5.49. The molecule has 1 aromatic carbocycles. The van der Waals surface area contributed by atoms with Crippen LogP contribution in [0.2, 0.25) is 0 Å². The van der Waals surface area contributed by atoms with E-state index < -0.39 is 0 Å². The highest BCUT2D eigenvalue weighted by Crippen LogP contribution is 2.59. The maximum atomic E-state index is 12.7. The monoisotopic (exact) mass is 241 g/mol. The number of aryl methyl sites for hydroxylation is 1. The first-order valence-electron chi connectivity index (χ1n) is 6.94. The molecule has 0 bridgehead atoms. The van der Waals surface area contributed by atoms with Gasteiger partial charge in [0.2, 0.25) is 5.91 Å². The van der Waals surface area contributed by atoms with Gasteiger partial charge >= 0.3 is 0 Å². The van der Waals surface area contributed by atoms with Crippen LogP contribution in [-0.2, 0) is 11.2 Å². The number of carbonyl (C=O) groups excluding carboxylic acids is 1. The maximum absolute atomic E-state index is 12.7. The summed E-state index contributed by atoms with van der Waals surface area (Å²) in [5.74, 6) is 1.62. The largest absolute Gasteiger partial charge is 0.308 e. The Kier molecular flexibility index (Phi) is 1.76. The number of carbonyl (C=O) groups is 1. The second kappa shape index (κ2) is 2.98. The van der Waals surface area contributed by atoms with Crippen molar-refractivity contribution in [2.24, 2.45) is 17.3 Å². The highest BCUT2D eigenvalue weighted by Gasteiger charge is 2.64. The van der Waals surface area contributed by atoms with Crippen molar-refractivity contribution < 1.29 is 4.79 Å². The van der Waals surface area contributed by atoms with Crippen molar-refractivity contribution in [1.29, 1.82) is 0 Å². The summed E-state index contributed by atoms with van der Waals surface area (Å²) in [5.41, 5.74) is 3.69. The molecule has 4 rings (SSSR count). The molecule has 2 aliphatic heterocycles. The summed E-state index contributed by atoms with van der Waals surface area (Å²) in [6, 6.07) is 6.94. The Balaban J connectivity index is 1.94. The van der Waals surface area contributed by atoms with Crippen LogP contribution in [0.1, 0.15) is 31.4 Å². The lowest BCUT2D eigenvalue weighted by Crippen LogP contribution is -2.53. The minimum Gasteiger partial charge on any atom is -0.308 e. The van der Waals surface area contributed by atoms with Crippen LogP contribution in [0.5, 0.6) is 0 Å². The summed E-state index contributed by atoms with van der Waals surface area (Å²) in [5, 5.41) is 0. The van der Waals surface area contributed by atoms with E-state index >= 15 is 0 Å². The summed E-state index contributed by atoms with van der Waals surface area (Å²) in [6.45, 7) is 6.39. The number of anilines is 1. The number of nitrogens with zero attached hydrogens (tertiary/aromatic N) is 1. The van der Waals surface area contributed by atoms with E-state index in [2.05, 4.69) is 43.9 Å². The Morgan fingerprint density at radius 1 is 1.33 bits per heavy atom. The van der Waals surface area contributed by atoms with Gasteiger partial charge in [0.05, 0.1) is 5.69 Å². The lowest BCUT2D eigenvalue weighted by atomic mass is 9.59. The van der Waals surface area contributed by atoms with Gasteiger partial charge in [-0.25, -0.2) is 0 Å². The number of amides is 1. The summed E-state index contributed by atoms with van der Waals surface area (Å²) in [7, 11) is 0. The van der Waals surface area contributed by atoms with Gasteiger partial charge in [0.1, 0.15) is 0 Å². The topological polar surface area (TPSA) is 20.3 Å². The molecule has 1 saturated carbocycles. The first-order chi connectivity index (χ1) is 8.51. The summed E-state index contributed by atoms with van der Waals surface area (Å²) in [6.07, 6.45) is 2.39. The fraction of sp³-hybridized carbons (Fsp3) is 0.562. The van der Waals surface area contributed by atoms with Crippen molar-refractivity contribution in [3.63, 3.8) is 0 Å². The van der Waals surface area contributed by atoms with E-state index in [1.165, 1.54) is 23.2 Å². The molecule has 3 atom stereocenters. The molecule has 0 aromatic heterocycles. The van der Waals surface area contributed by atoms with Gasteiger partial charge in [0.15, 0.2) is 0 Å². The molecule has 94 valence electrons. The Morgan fingerprint density at radius 3 is 2.89 bits per heavy atom. The Hall–Kier alpha value is -1.31. The molecule has 3 aliphatic rings. The van der Waals surface area contributed by atoms with Crippen molar-refractivity contribution in [1.82, 2.24) is 0 Å². The first-order valence-corrected chi connectivity index (χ1v) is 6.94. The maximum Gasteiger partial charge on any atom is 0.233 e. The Labute approximate surface area is 108 Å². The fourth-order valence-electron chi connectivity index (χ4n) is 4.42. The Morgan fingerprint density at radius 2 is 2.11 bits per heavy atom. The summed E-state index contributed by atoms with van der Waals surface area (Å²) < 4.78 is 0. The minimum atomic E-state index is -0.162. The van der Waals surface area contributed by atoms with Crippen molar-refractivity contribution >= 4 is 11.6 Å². The van der Waals surface area contributed by atoms with Crippen LogP contribution in [-0.4, -0.2) is 11.9 Å². The third-order valence-electron chi connectivity index (χ3n) is 5.49. The number of rotatable bonds is 0. The number of hydrogen-bond acceptors (Lipinski definition) is 1. The van der Waals surface area contributed by atoms with Crippen molar-refractivity contribution in [3.05, 3.63) is 29.3 Å². The average Bonchev–Trinajstić information content (AvgIpc) is 2.46. The van der Waals surface area contributed by atoms with Gasteiger partial charge < -0.3 is 4.90 Å². The predicted octanol–water partition coefficient (Wildman–Crippen LogP) is 2.93. The fourth-order valence-corrected chi connectivity index (χ4v) is 4.42. The van der Waals surface area contributed by atoms with Gasteiger partial charge in [0, 0.05) is 11.5 Å². The molecule has 0 radical (unpaired) electrons. The van der Waals surface area contributed by atoms with E-state index in [0.717, 1.165) is 6.42 Å². The van der Waals surface area contributed by atoms with Crippen molar-refractivity contribution in [2.75, 3.05) is 4.90 Å². The number of benzene rings is 1. The van der Waals surface area contributed by atoms with Gasteiger partial charge in [-0.15, -0.1) is 0 Å². The van der Waals surface area contributed by atoms with Gasteiger partial charge in [-0.3, -0.25) is 4.79 Å². The van der Waals surface area contributed by atoms with Crippen LogP contribution in [0.15, 0.2) is 18.2 Å². The zero-order valence-electron chi connectivity index (χ0n) is 11.2. The standard InChI is InChI=1S/C16H19NO/c1-9-5-4-6-10-7-11-8-12-14(11)17(13(9)10)15(18)16(12,2)3/h4-6,11-12,14H,7-8H2,1-3H3/t11-,12+,14-/m1/s1. The quantitative estimate of drug-likeness (QED) is 0.684. The van der Waals surface area contributed by atoms with Crippen LogP contribution in [0.3, 0.4) is 0 Å². The van der Waals surface area contributed by atoms with Gasteiger partial charge in [-0.2, -0.15) is 0 Å². The third kappa shape index (κ3) is 0.992. The number of para-hydroxylation sites is 1. The van der Waals surface area contributed by atoms with Crippen LogP contribution in [0, 0.1) is 24.2 Å². The van der Waals surface area contributed by atoms with E-state index in [1.54, 1.807) is 0 Å². The molecule has 2 heterocycles. The minimum absolute atomic E-state index is 0.162. The van der Waals surface area contributed by atoms with E-state index in [4.69, 9.17) is 0 Å². The molecule has 2 heteroatoms. The van der Waals surface area contributed by atoms with Crippen LogP contribution in [0.4, 0.5) is 5.69 Å². The van der Waals surface area contributed by atoms with Crippen molar-refractivity contribution in [2.45, 2.75) is 39.7 Å². The summed E-state index contributed by atoms with van der Waals surface area (Å²) >= 11 is 0.